The van der Waals surface area contributed by atoms with Crippen LogP contribution in [-0.4, -0.2) is 14.2 Å². The second-order valence-corrected chi connectivity index (χ2v) is 13.6. The maximum Gasteiger partial charge on any atom is 0.178 e. The highest BCUT2D eigenvalue weighted by Crippen LogP contribution is 2.61. The van der Waals surface area contributed by atoms with Gasteiger partial charge in [-0.25, -0.2) is 0 Å². The number of nitrogen functional groups attached to an aromatic ring is 1. The summed E-state index contributed by atoms with van der Waals surface area (Å²) in [5, 5.41) is 2.20. The fourth-order valence-electron chi connectivity index (χ4n) is 8.69. The molecule has 2 aliphatic rings. The molecule has 6 aromatic carbocycles. The highest BCUT2D eigenvalue weighted by atomic mass is 16.5. The van der Waals surface area contributed by atoms with Crippen molar-refractivity contribution in [1.29, 1.82) is 0 Å². The molecule has 0 atom stereocenters. The van der Waals surface area contributed by atoms with Gasteiger partial charge in [0.1, 0.15) is 17.2 Å². The Bertz CT molecular complexity index is 2180. The molecule has 4 heteroatoms. The van der Waals surface area contributed by atoms with Gasteiger partial charge < -0.3 is 19.9 Å². The number of rotatable bonds is 9. The smallest absolute Gasteiger partial charge is 0.178 e. The monoisotopic (exact) mass is 657 g/mol. The van der Waals surface area contributed by atoms with E-state index in [-0.39, 0.29) is 5.41 Å². The van der Waals surface area contributed by atoms with Crippen molar-refractivity contribution >= 4 is 22.5 Å². The summed E-state index contributed by atoms with van der Waals surface area (Å²) < 4.78 is 18.6. The first-order valence-corrected chi connectivity index (χ1v) is 17.7. The number of hydrogen-bond acceptors (Lipinski definition) is 4. The van der Waals surface area contributed by atoms with Crippen molar-refractivity contribution in [3.63, 3.8) is 0 Å². The predicted octanol–water partition coefficient (Wildman–Crippen LogP) is 11.3. The Morgan fingerprint density at radius 3 is 1.90 bits per heavy atom. The number of fused-ring (bicyclic) bond motifs is 8. The fraction of sp³-hybridized carbons (Fsp3) is 0.217. The van der Waals surface area contributed by atoms with E-state index >= 15 is 0 Å². The minimum absolute atomic E-state index is 0.185. The van der Waals surface area contributed by atoms with E-state index in [4.69, 9.17) is 19.9 Å². The average Bonchev–Trinajstić information content (AvgIpc) is 3.44. The lowest BCUT2D eigenvalue weighted by molar-refractivity contribution is 0.163. The van der Waals surface area contributed by atoms with Gasteiger partial charge >= 0.3 is 0 Å². The summed E-state index contributed by atoms with van der Waals surface area (Å²) in [7, 11) is 3.39. The van der Waals surface area contributed by atoms with Gasteiger partial charge in [-0.3, -0.25) is 0 Å². The van der Waals surface area contributed by atoms with Crippen molar-refractivity contribution in [3.8, 4) is 39.5 Å². The molecule has 4 nitrogen and oxygen atoms in total. The molecule has 1 heterocycles. The lowest BCUT2D eigenvalue weighted by atomic mass is 9.69. The summed E-state index contributed by atoms with van der Waals surface area (Å²) in [5.41, 5.74) is 17.3. The van der Waals surface area contributed by atoms with Crippen LogP contribution in [0.3, 0.4) is 0 Å². The second-order valence-electron chi connectivity index (χ2n) is 13.6. The predicted molar refractivity (Wildman–Crippen MR) is 206 cm³/mol. The zero-order chi connectivity index (χ0) is 34.5. The van der Waals surface area contributed by atoms with Gasteiger partial charge in [-0.05, 0) is 106 Å². The van der Waals surface area contributed by atoms with E-state index in [9.17, 15) is 0 Å². The number of nitrogens with two attached hydrogens (primary N) is 1. The van der Waals surface area contributed by atoms with Crippen molar-refractivity contribution in [3.05, 3.63) is 149 Å². The summed E-state index contributed by atoms with van der Waals surface area (Å²) in [4.78, 5) is 0. The number of benzene rings is 6. The molecular weight excluding hydrogens is 615 g/mol. The molecule has 0 aromatic heterocycles. The van der Waals surface area contributed by atoms with Crippen LogP contribution in [0.25, 0.3) is 39.1 Å². The molecule has 1 aliphatic heterocycles. The van der Waals surface area contributed by atoms with Gasteiger partial charge in [0.05, 0.1) is 14.2 Å². The fourth-order valence-corrected chi connectivity index (χ4v) is 8.69. The molecule has 0 radical (unpaired) electrons. The van der Waals surface area contributed by atoms with Gasteiger partial charge in [0, 0.05) is 33.2 Å². The highest BCUT2D eigenvalue weighted by Gasteiger charge is 2.47. The highest BCUT2D eigenvalue weighted by molar-refractivity contribution is 6.09. The van der Waals surface area contributed by atoms with Crippen LogP contribution in [0.5, 0.6) is 17.2 Å². The lowest BCUT2D eigenvalue weighted by Crippen LogP contribution is -2.35. The van der Waals surface area contributed by atoms with Crippen LogP contribution in [0.4, 0.5) is 5.69 Å². The molecule has 50 heavy (non-hydrogen) atoms. The maximum absolute atomic E-state index is 7.55. The maximum atomic E-state index is 7.55. The normalized spacial score (nSPS) is 14.8. The van der Waals surface area contributed by atoms with Crippen LogP contribution in [0.2, 0.25) is 0 Å². The third kappa shape index (κ3) is 4.80. The minimum Gasteiger partial charge on any atom is -0.497 e. The Hall–Kier alpha value is -5.48. The molecule has 0 amide bonds. The molecule has 6 aromatic rings. The van der Waals surface area contributed by atoms with Crippen LogP contribution < -0.4 is 19.9 Å². The van der Waals surface area contributed by atoms with Crippen molar-refractivity contribution in [2.45, 2.75) is 50.5 Å². The molecule has 250 valence electrons. The minimum atomic E-state index is -0.891. The van der Waals surface area contributed by atoms with E-state index in [1.54, 1.807) is 14.2 Å². The largest absolute Gasteiger partial charge is 0.497 e. The van der Waals surface area contributed by atoms with E-state index in [1.807, 2.05) is 30.3 Å². The topological polar surface area (TPSA) is 53.7 Å². The SMILES string of the molecule is CCCC1(CCC)c2cc(-c3ccccc3)ccc2-c2c1c1c(c3ccc(N)cc23)OC(c2ccc(OC)cc2)(c2ccc(OC)cc2)C=C1. The molecule has 0 unspecified atom stereocenters. The van der Waals surface area contributed by atoms with Crippen LogP contribution in [0.15, 0.2) is 121 Å². The van der Waals surface area contributed by atoms with Crippen molar-refractivity contribution in [1.82, 2.24) is 0 Å². The summed E-state index contributed by atoms with van der Waals surface area (Å²) in [6.45, 7) is 4.62. The molecule has 0 saturated heterocycles. The first-order valence-electron chi connectivity index (χ1n) is 17.7. The molecule has 8 rings (SSSR count). The van der Waals surface area contributed by atoms with Crippen LogP contribution in [0.1, 0.15) is 67.3 Å². The molecule has 2 N–H and O–H groups in total. The average molecular weight is 658 g/mol. The zero-order valence-corrected chi connectivity index (χ0v) is 29.3. The van der Waals surface area contributed by atoms with Crippen LogP contribution in [-0.2, 0) is 11.0 Å². The Labute approximate surface area is 295 Å². The lowest BCUT2D eigenvalue weighted by Gasteiger charge is -2.40. The van der Waals surface area contributed by atoms with Crippen LogP contribution >= 0.6 is 0 Å². The molecule has 0 fully saturated rings. The summed E-state index contributed by atoms with van der Waals surface area (Å²) >= 11 is 0. The third-order valence-electron chi connectivity index (χ3n) is 10.9. The van der Waals surface area contributed by atoms with Crippen molar-refractivity contribution in [2.75, 3.05) is 20.0 Å². The van der Waals surface area contributed by atoms with E-state index in [0.29, 0.717) is 0 Å². The van der Waals surface area contributed by atoms with Crippen LogP contribution in [0, 0.1) is 0 Å². The third-order valence-corrected chi connectivity index (χ3v) is 10.9. The van der Waals surface area contributed by atoms with Gasteiger partial charge in [0.25, 0.3) is 0 Å². The Morgan fingerprint density at radius 1 is 0.660 bits per heavy atom. The van der Waals surface area contributed by atoms with Gasteiger partial charge in [-0.2, -0.15) is 0 Å². The van der Waals surface area contributed by atoms with Gasteiger partial charge in [-0.1, -0.05) is 99.5 Å². The van der Waals surface area contributed by atoms with E-state index in [0.717, 1.165) is 76.1 Å². The quantitative estimate of drug-likeness (QED) is 0.157. The Morgan fingerprint density at radius 2 is 1.30 bits per heavy atom. The first kappa shape index (κ1) is 31.8. The standard InChI is InChI=1S/C46H43NO3/c1-5-25-45(26-6-2)41-28-31(30-10-8-7-9-11-30)12-22-38(41)42-40-29-34(47)17-23-37(40)44-39(43(42)45)24-27-46(50-44,32-13-18-35(48-3)19-14-32)33-15-20-36(49-4)21-16-33/h7-24,27-29H,5-6,25-26,47H2,1-4H3. The number of ether oxygens (including phenoxy) is 3. The molecule has 0 bridgehead atoms. The first-order chi connectivity index (χ1) is 24.5. The Balaban J connectivity index is 1.43. The molecular formula is C46H43NO3. The molecule has 0 saturated carbocycles. The van der Waals surface area contributed by atoms with Crippen molar-refractivity contribution in [2.24, 2.45) is 0 Å². The van der Waals surface area contributed by atoms with Crippen molar-refractivity contribution < 1.29 is 14.2 Å². The Kier molecular flexibility index (Phi) is 7.91. The number of anilines is 1. The van der Waals surface area contributed by atoms with E-state index in [1.165, 1.54) is 33.4 Å². The zero-order valence-electron chi connectivity index (χ0n) is 29.3. The van der Waals surface area contributed by atoms with Gasteiger partial charge in [0.2, 0.25) is 0 Å². The van der Waals surface area contributed by atoms with Gasteiger partial charge in [-0.15, -0.1) is 0 Å². The molecule has 0 spiro atoms. The summed E-state index contributed by atoms with van der Waals surface area (Å²) in [5.74, 6) is 2.49. The summed E-state index contributed by atoms with van der Waals surface area (Å²) in [6, 6.07) is 40.6. The second kappa shape index (κ2) is 12.4. The number of hydrogen-bond donors (Lipinski definition) is 1. The van der Waals surface area contributed by atoms with Gasteiger partial charge in [0.15, 0.2) is 5.60 Å². The number of methoxy groups -OCH3 is 2. The molecule has 1 aliphatic carbocycles. The summed E-state index contributed by atoms with van der Waals surface area (Å²) in [6.07, 6.45) is 8.79. The van der Waals surface area contributed by atoms with E-state index in [2.05, 4.69) is 111 Å². The van der Waals surface area contributed by atoms with E-state index < -0.39 is 5.60 Å².